The molecule has 0 atom stereocenters. The van der Waals surface area contributed by atoms with Gasteiger partial charge in [0.2, 0.25) is 12.2 Å². The number of nitrogens with zero attached hydrogens (tertiary/aromatic N) is 2. The van der Waals surface area contributed by atoms with Gasteiger partial charge in [-0.05, 0) is 117 Å². The summed E-state index contributed by atoms with van der Waals surface area (Å²) in [6.45, 7) is 6.87. The highest BCUT2D eigenvalue weighted by atomic mass is 16.5. The van der Waals surface area contributed by atoms with Crippen LogP contribution in [0, 0.1) is 0 Å². The Bertz CT molecular complexity index is 2360. The molecule has 0 fully saturated rings. The fourth-order valence-electron chi connectivity index (χ4n) is 7.72. The van der Waals surface area contributed by atoms with Gasteiger partial charge in [0.15, 0.2) is 5.71 Å². The number of hydrogen-bond donors (Lipinski definition) is 5. The topological polar surface area (TPSA) is 202 Å². The van der Waals surface area contributed by atoms with Gasteiger partial charge in [0.05, 0.1) is 22.1 Å². The highest BCUT2D eigenvalue weighted by Crippen LogP contribution is 2.48. The molecule has 6 rings (SSSR count). The van der Waals surface area contributed by atoms with Crippen LogP contribution in [0.15, 0.2) is 108 Å². The Morgan fingerprint density at radius 3 is 1.93 bits per heavy atom. The predicted octanol–water partition coefficient (Wildman–Crippen LogP) is 7.01. The summed E-state index contributed by atoms with van der Waals surface area (Å²) in [5.41, 5.74) is 3.95. The smallest absolute Gasteiger partial charge is 0.370 e. The van der Waals surface area contributed by atoms with E-state index < -0.39 is 40.7 Å². The van der Waals surface area contributed by atoms with E-state index in [1.54, 1.807) is 45.9 Å². The molecule has 5 N–H and O–H groups in total. The molecule has 3 aromatic carbocycles. The molecular formula is C43H41N2O11+. The number of aromatic carboxylic acids is 3. The number of rotatable bonds is 12. The summed E-state index contributed by atoms with van der Waals surface area (Å²) in [6, 6.07) is 15.2. The van der Waals surface area contributed by atoms with Crippen LogP contribution in [0.5, 0.6) is 5.75 Å². The van der Waals surface area contributed by atoms with E-state index in [0.717, 1.165) is 11.1 Å². The second-order valence-corrected chi connectivity index (χ2v) is 14.9. The maximum absolute atomic E-state index is 12.1. The molecule has 1 aliphatic carbocycles. The van der Waals surface area contributed by atoms with Crippen LogP contribution in [-0.2, 0) is 20.4 Å². The molecule has 0 saturated carbocycles. The Morgan fingerprint density at radius 2 is 1.32 bits per heavy atom. The van der Waals surface area contributed by atoms with Crippen molar-refractivity contribution < 1.29 is 58.8 Å². The predicted molar refractivity (Wildman–Crippen MR) is 205 cm³/mol. The van der Waals surface area contributed by atoms with E-state index >= 15 is 0 Å². The molecule has 3 aliphatic rings. The molecule has 3 aromatic rings. The highest BCUT2D eigenvalue weighted by Gasteiger charge is 2.46. The molecule has 0 bridgehead atoms. The van der Waals surface area contributed by atoms with Gasteiger partial charge in [-0.25, -0.2) is 19.2 Å². The van der Waals surface area contributed by atoms with Crippen molar-refractivity contribution in [3.63, 3.8) is 0 Å². The van der Waals surface area contributed by atoms with Crippen molar-refractivity contribution in [1.82, 2.24) is 0 Å². The van der Waals surface area contributed by atoms with Crippen molar-refractivity contribution in [2.75, 3.05) is 18.0 Å². The van der Waals surface area contributed by atoms with Crippen LogP contribution in [0.3, 0.4) is 0 Å². The molecule has 0 radical (unpaired) electrons. The number of carbonyl (C=O) groups is 5. The average molecular weight is 762 g/mol. The quantitative estimate of drug-likeness (QED) is 0.118. The molecule has 288 valence electrons. The third kappa shape index (κ3) is 7.35. The van der Waals surface area contributed by atoms with Crippen LogP contribution in [0.2, 0.25) is 0 Å². The summed E-state index contributed by atoms with van der Waals surface area (Å²) < 4.78 is 8.18. The number of fused-ring (bicyclic) bond motifs is 2. The minimum absolute atomic E-state index is 0.0761. The normalized spacial score (nSPS) is 18.4. The molecule has 2 heterocycles. The third-order valence-corrected chi connectivity index (χ3v) is 10.5. The van der Waals surface area contributed by atoms with Crippen molar-refractivity contribution >= 4 is 46.9 Å². The maximum atomic E-state index is 12.1. The average Bonchev–Trinajstić information content (AvgIpc) is 3.47. The van der Waals surface area contributed by atoms with Crippen LogP contribution >= 0.6 is 0 Å². The third-order valence-electron chi connectivity index (χ3n) is 10.5. The van der Waals surface area contributed by atoms with Crippen molar-refractivity contribution in [2.45, 2.75) is 57.8 Å². The number of carboxylic acid groups (broad SMARTS) is 5. The zero-order valence-electron chi connectivity index (χ0n) is 31.2. The maximum Gasteiger partial charge on any atom is 0.370 e. The van der Waals surface area contributed by atoms with Crippen LogP contribution < -0.4 is 9.64 Å². The van der Waals surface area contributed by atoms with Crippen LogP contribution in [0.1, 0.15) is 89.2 Å². The minimum Gasteiger partial charge on any atom is -0.480 e. The van der Waals surface area contributed by atoms with Crippen molar-refractivity contribution in [3.8, 4) is 5.75 Å². The summed E-state index contributed by atoms with van der Waals surface area (Å²) in [5, 5.41) is 48.6. The van der Waals surface area contributed by atoms with Crippen LogP contribution in [0.4, 0.5) is 11.4 Å². The molecule has 0 saturated heterocycles. The van der Waals surface area contributed by atoms with E-state index in [9.17, 15) is 49.5 Å². The summed E-state index contributed by atoms with van der Waals surface area (Å²) in [4.78, 5) is 61.1. The first-order valence-electron chi connectivity index (χ1n) is 17.9. The van der Waals surface area contributed by atoms with Gasteiger partial charge in [-0.15, -0.1) is 0 Å². The van der Waals surface area contributed by atoms with Gasteiger partial charge in [0.1, 0.15) is 18.1 Å². The van der Waals surface area contributed by atoms with Crippen LogP contribution in [-0.4, -0.2) is 78.8 Å². The van der Waals surface area contributed by atoms with Gasteiger partial charge in [0, 0.05) is 34.5 Å². The number of benzene rings is 3. The largest absolute Gasteiger partial charge is 0.480 e. The minimum atomic E-state index is -1.10. The summed E-state index contributed by atoms with van der Waals surface area (Å²) in [5.74, 6) is -4.59. The van der Waals surface area contributed by atoms with E-state index in [1.807, 2.05) is 52.0 Å². The molecule has 56 heavy (non-hydrogen) atoms. The van der Waals surface area contributed by atoms with E-state index in [1.165, 1.54) is 24.3 Å². The Morgan fingerprint density at radius 1 is 0.714 bits per heavy atom. The van der Waals surface area contributed by atoms with Crippen molar-refractivity contribution in [3.05, 3.63) is 135 Å². The Balaban J connectivity index is 1.49. The van der Waals surface area contributed by atoms with E-state index in [0.29, 0.717) is 64.7 Å². The first-order chi connectivity index (χ1) is 26.4. The molecule has 0 aromatic heterocycles. The zero-order chi connectivity index (χ0) is 40.7. The zero-order valence-corrected chi connectivity index (χ0v) is 31.2. The molecule has 0 unspecified atom stereocenters. The lowest BCUT2D eigenvalue weighted by Gasteiger charge is -2.26. The fraction of sp³-hybridized carbons (Fsp3) is 0.256. The van der Waals surface area contributed by atoms with Gasteiger partial charge < -0.3 is 35.2 Å². The fourth-order valence-corrected chi connectivity index (χ4v) is 7.72. The van der Waals surface area contributed by atoms with Crippen molar-refractivity contribution in [2.24, 2.45) is 0 Å². The standard InChI is InChI=1S/C43H40N2O11/c1-42(2)30-20-27(40(52)53)10-16-32(30)44(22-36(46)47)34(42)18-12-24-6-5-7-25(38(24)56-29-14-8-26(9-15-29)39(50)51)13-19-35-43(3,4)31-21-28(41(54)55)11-17-33(31)45(35)23-37(48)49/h8-21H,5-7,22-23H2,1-4H3,(H4-,46,47,48,49,50,51,52,53,54,55)/p+1. The van der Waals surface area contributed by atoms with Gasteiger partial charge in [-0.1, -0.05) is 19.9 Å². The first-order valence-corrected chi connectivity index (χ1v) is 17.9. The molecule has 13 nitrogen and oxygen atoms in total. The lowest BCUT2D eigenvalue weighted by atomic mass is 9.80. The lowest BCUT2D eigenvalue weighted by Crippen LogP contribution is -2.30. The van der Waals surface area contributed by atoms with E-state index in [2.05, 4.69) is 0 Å². The number of hydrogen-bond acceptors (Lipinski definition) is 7. The Hall–Kier alpha value is -6.76. The number of ether oxygens (including phenoxy) is 1. The number of aliphatic carboxylic acids is 2. The summed E-state index contributed by atoms with van der Waals surface area (Å²) in [6.07, 6.45) is 9.19. The van der Waals surface area contributed by atoms with Gasteiger partial charge in [0.25, 0.3) is 0 Å². The van der Waals surface area contributed by atoms with Crippen molar-refractivity contribution in [1.29, 1.82) is 0 Å². The second-order valence-electron chi connectivity index (χ2n) is 14.9. The van der Waals surface area contributed by atoms with Gasteiger partial charge >= 0.3 is 29.8 Å². The molecule has 0 amide bonds. The SMILES string of the molecule is CC1(C)C(/C=C/C2=C(Oc3ccc(C(=O)O)cc3)C(=C/C=C3/N(CC(=O)O)c4ccc(C(=O)O)cc4C3(C)C)/CCC2)=[N+](CC(=O)O)c2ccc(C(=O)O)cc21. The Kier molecular flexibility index (Phi) is 10.3. The highest BCUT2D eigenvalue weighted by molar-refractivity contribution is 6.04. The van der Waals surface area contributed by atoms with Crippen LogP contribution in [0.25, 0.3) is 0 Å². The summed E-state index contributed by atoms with van der Waals surface area (Å²) in [7, 11) is 0. The number of allylic oxidation sites excluding steroid dienone is 7. The molecule has 13 heteroatoms. The van der Waals surface area contributed by atoms with E-state index in [-0.39, 0.29) is 29.8 Å². The van der Waals surface area contributed by atoms with Gasteiger partial charge in [-0.3, -0.25) is 4.79 Å². The molecular weight excluding hydrogens is 720 g/mol. The molecule has 2 aliphatic heterocycles. The summed E-state index contributed by atoms with van der Waals surface area (Å²) >= 11 is 0. The second kappa shape index (κ2) is 14.8. The van der Waals surface area contributed by atoms with E-state index in [4.69, 9.17) is 4.74 Å². The lowest BCUT2D eigenvalue weighted by molar-refractivity contribution is -0.428. The number of anilines is 1. The Labute approximate surface area is 322 Å². The first kappa shape index (κ1) is 38.9. The van der Waals surface area contributed by atoms with Gasteiger partial charge in [-0.2, -0.15) is 4.58 Å². The molecule has 0 spiro atoms. The monoisotopic (exact) mass is 761 g/mol. The number of carboxylic acids is 5.